The molecule has 144 valence electrons. The van der Waals surface area contributed by atoms with E-state index in [-0.39, 0.29) is 6.10 Å². The van der Waals surface area contributed by atoms with Crippen molar-refractivity contribution in [2.75, 3.05) is 12.8 Å². The number of aldehydes is 1. The Labute approximate surface area is 168 Å². The van der Waals surface area contributed by atoms with Crippen LogP contribution in [0.25, 0.3) is 0 Å². The van der Waals surface area contributed by atoms with E-state index < -0.39 is 5.92 Å². The molecule has 3 rings (SSSR count). The average molecular weight is 409 g/mol. The van der Waals surface area contributed by atoms with E-state index in [1.165, 1.54) is 12.4 Å². The van der Waals surface area contributed by atoms with Crippen LogP contribution in [0, 0.1) is 0 Å². The fraction of sp³-hybridized carbons (Fsp3) is 0.400. The Balaban J connectivity index is 1.95. The van der Waals surface area contributed by atoms with Crippen molar-refractivity contribution in [3.05, 3.63) is 45.7 Å². The minimum atomic E-state index is -0.515. The van der Waals surface area contributed by atoms with Crippen LogP contribution in [0.3, 0.4) is 0 Å². The normalized spacial score (nSPS) is 15.5. The number of hydrogen-bond donors (Lipinski definition) is 1. The number of nitrogen functional groups attached to an aromatic ring is 1. The first-order valence-electron chi connectivity index (χ1n) is 8.91. The highest BCUT2D eigenvalue weighted by molar-refractivity contribution is 6.35. The number of halogens is 2. The van der Waals surface area contributed by atoms with Gasteiger partial charge in [0.25, 0.3) is 0 Å². The smallest absolute Gasteiger partial charge is 0.184 e. The molecule has 1 atom stereocenters. The third-order valence-electron chi connectivity index (χ3n) is 4.94. The fourth-order valence-corrected chi connectivity index (χ4v) is 3.98. The lowest BCUT2D eigenvalue weighted by atomic mass is 9.91. The van der Waals surface area contributed by atoms with E-state index >= 15 is 0 Å². The molecule has 1 saturated carbocycles. The molecule has 2 aromatic rings. The number of pyridine rings is 1. The van der Waals surface area contributed by atoms with Gasteiger partial charge in [-0.15, -0.1) is 0 Å². The predicted molar refractivity (Wildman–Crippen MR) is 107 cm³/mol. The topological polar surface area (TPSA) is 74.4 Å². The highest BCUT2D eigenvalue weighted by Crippen LogP contribution is 2.42. The van der Waals surface area contributed by atoms with Crippen molar-refractivity contribution in [1.82, 2.24) is 4.98 Å². The first-order valence-corrected chi connectivity index (χ1v) is 9.67. The number of benzene rings is 1. The predicted octanol–water partition coefficient (Wildman–Crippen LogP) is 4.83. The van der Waals surface area contributed by atoms with Gasteiger partial charge in [-0.2, -0.15) is 0 Å². The van der Waals surface area contributed by atoms with Gasteiger partial charge in [0.1, 0.15) is 6.29 Å². The van der Waals surface area contributed by atoms with E-state index in [0.29, 0.717) is 44.8 Å². The Morgan fingerprint density at radius 1 is 1.26 bits per heavy atom. The Bertz CT molecular complexity index is 803. The molecule has 7 heteroatoms. The maximum absolute atomic E-state index is 11.9. The number of anilines is 1. The number of ether oxygens (including phenoxy) is 2. The summed E-state index contributed by atoms with van der Waals surface area (Å²) >= 11 is 12.4. The van der Waals surface area contributed by atoms with Crippen molar-refractivity contribution in [3.63, 3.8) is 0 Å². The van der Waals surface area contributed by atoms with Crippen LogP contribution < -0.4 is 15.2 Å². The molecule has 1 unspecified atom stereocenters. The van der Waals surface area contributed by atoms with Crippen molar-refractivity contribution in [2.45, 2.75) is 44.1 Å². The largest absolute Gasteiger partial charge is 0.493 e. The maximum Gasteiger partial charge on any atom is 0.184 e. The van der Waals surface area contributed by atoms with Crippen LogP contribution in [0.4, 0.5) is 5.69 Å². The van der Waals surface area contributed by atoms with Crippen molar-refractivity contribution >= 4 is 35.2 Å². The van der Waals surface area contributed by atoms with Gasteiger partial charge in [0.15, 0.2) is 11.5 Å². The van der Waals surface area contributed by atoms with E-state index in [2.05, 4.69) is 4.98 Å². The first kappa shape index (κ1) is 19.8. The lowest BCUT2D eigenvalue weighted by Gasteiger charge is -2.22. The molecule has 0 saturated heterocycles. The number of carbonyl (C=O) groups excluding carboxylic acids is 1. The average Bonchev–Trinajstić information content (AvgIpc) is 3.17. The van der Waals surface area contributed by atoms with Crippen LogP contribution in [0.15, 0.2) is 24.5 Å². The number of nitrogens with two attached hydrogens (primary N) is 1. The maximum atomic E-state index is 11.9. The third-order valence-corrected chi connectivity index (χ3v) is 5.59. The fourth-order valence-electron chi connectivity index (χ4n) is 3.46. The molecule has 0 aliphatic heterocycles. The molecule has 0 spiro atoms. The minimum absolute atomic E-state index is 0.121. The van der Waals surface area contributed by atoms with Gasteiger partial charge in [-0.05, 0) is 49.3 Å². The molecular weight excluding hydrogens is 387 g/mol. The van der Waals surface area contributed by atoms with Crippen LogP contribution in [-0.4, -0.2) is 24.5 Å². The number of aromatic nitrogens is 1. The van der Waals surface area contributed by atoms with Gasteiger partial charge in [-0.1, -0.05) is 29.3 Å². The van der Waals surface area contributed by atoms with Crippen LogP contribution >= 0.6 is 23.2 Å². The quantitative estimate of drug-likeness (QED) is 0.524. The minimum Gasteiger partial charge on any atom is -0.493 e. The summed E-state index contributed by atoms with van der Waals surface area (Å²) in [5.74, 6) is 0.549. The SMILES string of the molecule is COc1ccc(C(C=O)Cc2c(Cl)cncc2Cl)c(N)c1OC1CCCC1. The van der Waals surface area contributed by atoms with Gasteiger partial charge in [-0.3, -0.25) is 4.98 Å². The van der Waals surface area contributed by atoms with Crippen molar-refractivity contribution < 1.29 is 14.3 Å². The number of carbonyl (C=O) groups is 1. The van der Waals surface area contributed by atoms with Crippen LogP contribution in [0.5, 0.6) is 11.5 Å². The summed E-state index contributed by atoms with van der Waals surface area (Å²) in [7, 11) is 1.57. The summed E-state index contributed by atoms with van der Waals surface area (Å²) in [5, 5.41) is 0.840. The van der Waals surface area contributed by atoms with Gasteiger partial charge in [0.05, 0.1) is 28.9 Å². The van der Waals surface area contributed by atoms with Crippen LogP contribution in [0.1, 0.15) is 42.7 Å². The standard InChI is InChI=1S/C20H22Cl2N2O3/c1-26-18-7-6-14(19(23)20(18)27-13-4-2-3-5-13)12(11-25)8-15-16(21)9-24-10-17(15)22/h6-7,9-13H,2-5,8,23H2,1H3. The zero-order valence-corrected chi connectivity index (χ0v) is 16.6. The molecule has 1 heterocycles. The van der Waals surface area contributed by atoms with Gasteiger partial charge in [0.2, 0.25) is 0 Å². The first-order chi connectivity index (χ1) is 13.0. The molecule has 5 nitrogen and oxygen atoms in total. The molecule has 1 aromatic heterocycles. The summed E-state index contributed by atoms with van der Waals surface area (Å²) < 4.78 is 11.6. The van der Waals surface area contributed by atoms with Gasteiger partial charge < -0.3 is 20.0 Å². The summed E-state index contributed by atoms with van der Waals surface area (Å²) in [5.41, 5.74) is 8.15. The summed E-state index contributed by atoms with van der Waals surface area (Å²) in [6, 6.07) is 3.57. The molecule has 0 radical (unpaired) electrons. The molecule has 1 aliphatic rings. The van der Waals surface area contributed by atoms with E-state index in [0.717, 1.165) is 32.0 Å². The summed E-state index contributed by atoms with van der Waals surface area (Å²) in [6.07, 6.45) is 8.58. The third kappa shape index (κ3) is 4.30. The lowest BCUT2D eigenvalue weighted by molar-refractivity contribution is -0.109. The zero-order valence-electron chi connectivity index (χ0n) is 15.1. The Morgan fingerprint density at radius 3 is 2.52 bits per heavy atom. The Kier molecular flexibility index (Phi) is 6.45. The second-order valence-electron chi connectivity index (χ2n) is 6.65. The number of methoxy groups -OCH3 is 1. The van der Waals surface area contributed by atoms with Crippen LogP contribution in [-0.2, 0) is 11.2 Å². The molecule has 1 aliphatic carbocycles. The van der Waals surface area contributed by atoms with Crippen molar-refractivity contribution in [2.24, 2.45) is 0 Å². The molecular formula is C20H22Cl2N2O3. The van der Waals surface area contributed by atoms with E-state index in [1.807, 2.05) is 0 Å². The highest BCUT2D eigenvalue weighted by atomic mass is 35.5. The Hall–Kier alpha value is -1.98. The molecule has 0 amide bonds. The second-order valence-corrected chi connectivity index (χ2v) is 7.47. The number of hydrogen-bond acceptors (Lipinski definition) is 5. The Morgan fingerprint density at radius 2 is 1.93 bits per heavy atom. The monoisotopic (exact) mass is 408 g/mol. The zero-order chi connectivity index (χ0) is 19.4. The van der Waals surface area contributed by atoms with Crippen LogP contribution in [0.2, 0.25) is 10.0 Å². The number of nitrogens with zero attached hydrogens (tertiary/aromatic N) is 1. The van der Waals surface area contributed by atoms with Crippen molar-refractivity contribution in [3.8, 4) is 11.5 Å². The molecule has 1 fully saturated rings. The van der Waals surface area contributed by atoms with Gasteiger partial charge in [0, 0.05) is 18.3 Å². The number of rotatable bonds is 7. The molecule has 1 aromatic carbocycles. The summed E-state index contributed by atoms with van der Waals surface area (Å²) in [4.78, 5) is 15.8. The second kappa shape index (κ2) is 8.81. The molecule has 27 heavy (non-hydrogen) atoms. The molecule has 0 bridgehead atoms. The van der Waals surface area contributed by atoms with E-state index in [4.69, 9.17) is 38.4 Å². The highest BCUT2D eigenvalue weighted by Gasteiger charge is 2.25. The van der Waals surface area contributed by atoms with Gasteiger partial charge in [-0.25, -0.2) is 0 Å². The summed E-state index contributed by atoms with van der Waals surface area (Å²) in [6.45, 7) is 0. The lowest BCUT2D eigenvalue weighted by Crippen LogP contribution is -2.15. The molecule has 2 N–H and O–H groups in total. The van der Waals surface area contributed by atoms with E-state index in [9.17, 15) is 4.79 Å². The van der Waals surface area contributed by atoms with E-state index in [1.54, 1.807) is 19.2 Å². The van der Waals surface area contributed by atoms with Gasteiger partial charge >= 0.3 is 0 Å². The van der Waals surface area contributed by atoms with Crippen molar-refractivity contribution in [1.29, 1.82) is 0 Å².